The molecule has 124 valence electrons. The predicted molar refractivity (Wildman–Crippen MR) is 104 cm³/mol. The van der Waals surface area contributed by atoms with Crippen LogP contribution in [0.3, 0.4) is 0 Å². The summed E-state index contributed by atoms with van der Waals surface area (Å²) in [5.41, 5.74) is 0. The molecule has 0 aliphatic heterocycles. The lowest BCUT2D eigenvalue weighted by Gasteiger charge is -1.92. The van der Waals surface area contributed by atoms with Crippen LogP contribution in [0.4, 0.5) is 0 Å². The molecular weight excluding hydrogens is 254 g/mol. The summed E-state index contributed by atoms with van der Waals surface area (Å²) in [7, 11) is 3.75. The Morgan fingerprint density at radius 1 is 0.476 bits per heavy atom. The normalized spacial score (nSPS) is 6.76. The first-order chi connectivity index (χ1) is 10.4. The Bertz CT molecular complexity index is 290. The number of rotatable bonds is 0. The topological polar surface area (TPSA) is 12.0 Å². The van der Waals surface area contributed by atoms with Gasteiger partial charge in [-0.1, -0.05) is 104 Å². The lowest BCUT2D eigenvalue weighted by molar-refractivity contribution is 1.02. The fraction of sp³-hybridized carbons (Fsp3) is 0.500. The second-order valence-electron chi connectivity index (χ2n) is 2.85. The molecule has 0 unspecified atom stereocenters. The summed E-state index contributed by atoms with van der Waals surface area (Å²) < 4.78 is 0. The van der Waals surface area contributed by atoms with Crippen molar-refractivity contribution < 1.29 is 0 Å². The zero-order valence-electron chi connectivity index (χ0n) is 16.1. The van der Waals surface area contributed by atoms with E-state index < -0.39 is 0 Å². The molecule has 0 radical (unpaired) electrons. The Hall–Kier alpha value is -1.34. The van der Waals surface area contributed by atoms with Crippen LogP contribution in [-0.2, 0) is 0 Å². The van der Waals surface area contributed by atoms with Crippen molar-refractivity contribution in [1.29, 1.82) is 0 Å². The van der Waals surface area contributed by atoms with Gasteiger partial charge in [-0.25, -0.2) is 0 Å². The summed E-state index contributed by atoms with van der Waals surface area (Å²) in [5, 5.41) is 5.37. The van der Waals surface area contributed by atoms with Crippen molar-refractivity contribution in [2.45, 2.75) is 55.4 Å². The molecule has 0 heterocycles. The van der Waals surface area contributed by atoms with E-state index in [-0.39, 0.29) is 0 Å². The van der Waals surface area contributed by atoms with E-state index in [0.717, 1.165) is 0 Å². The number of nitrogens with one attached hydrogen (secondary N) is 1. The highest BCUT2D eigenvalue weighted by atomic mass is 14.7. The fourth-order valence-corrected chi connectivity index (χ4v) is 1.13. The average molecular weight is 294 g/mol. The maximum Gasteiger partial charge on any atom is -0.0167 e. The minimum absolute atomic E-state index is 1.31. The Morgan fingerprint density at radius 3 is 0.762 bits per heavy atom. The molecule has 0 aliphatic carbocycles. The zero-order valence-corrected chi connectivity index (χ0v) is 16.1. The quantitative estimate of drug-likeness (QED) is 0.564. The highest BCUT2D eigenvalue weighted by Crippen LogP contribution is 2.11. The Morgan fingerprint density at radius 2 is 0.619 bits per heavy atom. The molecule has 21 heavy (non-hydrogen) atoms. The van der Waals surface area contributed by atoms with E-state index in [2.05, 4.69) is 53.8 Å². The van der Waals surface area contributed by atoms with Gasteiger partial charge < -0.3 is 5.32 Å². The molecule has 2 aromatic rings. The Labute approximate surface area is 134 Å². The SMILES string of the molecule is CC.CC.CC.CC.CNC.c1ccc2ccccc2c1. The lowest BCUT2D eigenvalue weighted by atomic mass is 10.1. The zero-order chi connectivity index (χ0) is 17.5. The van der Waals surface area contributed by atoms with Crippen molar-refractivity contribution >= 4 is 10.8 Å². The molecule has 0 saturated heterocycles. The Kier molecular flexibility index (Phi) is 41.5. The van der Waals surface area contributed by atoms with Crippen LogP contribution >= 0.6 is 0 Å². The van der Waals surface area contributed by atoms with Gasteiger partial charge in [0.2, 0.25) is 0 Å². The van der Waals surface area contributed by atoms with E-state index in [0.29, 0.717) is 0 Å². The van der Waals surface area contributed by atoms with Gasteiger partial charge in [0.05, 0.1) is 0 Å². The van der Waals surface area contributed by atoms with Gasteiger partial charge in [0.15, 0.2) is 0 Å². The van der Waals surface area contributed by atoms with E-state index in [4.69, 9.17) is 0 Å². The molecule has 0 saturated carbocycles. The van der Waals surface area contributed by atoms with Crippen LogP contribution in [0.25, 0.3) is 10.8 Å². The van der Waals surface area contributed by atoms with Gasteiger partial charge in [-0.2, -0.15) is 0 Å². The molecule has 0 amide bonds. The molecule has 0 aromatic heterocycles. The largest absolute Gasteiger partial charge is 0.323 e. The van der Waals surface area contributed by atoms with Gasteiger partial charge in [-0.05, 0) is 24.9 Å². The number of hydrogen-bond donors (Lipinski definition) is 1. The molecule has 1 nitrogen and oxygen atoms in total. The van der Waals surface area contributed by atoms with Crippen LogP contribution in [0.15, 0.2) is 48.5 Å². The van der Waals surface area contributed by atoms with Gasteiger partial charge >= 0.3 is 0 Å². The summed E-state index contributed by atoms with van der Waals surface area (Å²) in [6.45, 7) is 16.0. The third-order valence-corrected chi connectivity index (χ3v) is 1.66. The minimum atomic E-state index is 1.31. The monoisotopic (exact) mass is 293 g/mol. The third kappa shape index (κ3) is 18.7. The van der Waals surface area contributed by atoms with E-state index in [1.165, 1.54) is 10.8 Å². The smallest absolute Gasteiger partial charge is 0.0167 e. The first-order valence-electron chi connectivity index (χ1n) is 8.40. The summed E-state index contributed by atoms with van der Waals surface area (Å²) >= 11 is 0. The molecule has 0 bridgehead atoms. The van der Waals surface area contributed by atoms with Crippen molar-refractivity contribution in [2.24, 2.45) is 0 Å². The van der Waals surface area contributed by atoms with Crippen LogP contribution in [0.1, 0.15) is 55.4 Å². The molecule has 1 heteroatoms. The van der Waals surface area contributed by atoms with Gasteiger partial charge in [0, 0.05) is 0 Å². The summed E-state index contributed by atoms with van der Waals surface area (Å²) in [5.74, 6) is 0. The van der Waals surface area contributed by atoms with Crippen molar-refractivity contribution in [3.63, 3.8) is 0 Å². The maximum absolute atomic E-state index is 2.75. The minimum Gasteiger partial charge on any atom is -0.323 e. The van der Waals surface area contributed by atoms with E-state index in [1.807, 2.05) is 69.5 Å². The molecule has 0 atom stereocenters. The second kappa shape index (κ2) is 31.2. The summed E-state index contributed by atoms with van der Waals surface area (Å²) in [6, 6.07) is 16.7. The molecule has 2 rings (SSSR count). The number of benzene rings is 2. The molecule has 1 N–H and O–H groups in total. The van der Waals surface area contributed by atoms with Crippen molar-refractivity contribution in [3.8, 4) is 0 Å². The molecule has 0 spiro atoms. The first kappa shape index (κ1) is 27.9. The van der Waals surface area contributed by atoms with Crippen molar-refractivity contribution in [3.05, 3.63) is 48.5 Å². The van der Waals surface area contributed by atoms with Crippen LogP contribution in [0, 0.1) is 0 Å². The maximum atomic E-state index is 2.75. The first-order valence-corrected chi connectivity index (χ1v) is 8.40. The second-order valence-corrected chi connectivity index (χ2v) is 2.85. The number of hydrogen-bond acceptors (Lipinski definition) is 1. The van der Waals surface area contributed by atoms with Gasteiger partial charge in [-0.3, -0.25) is 0 Å². The third-order valence-electron chi connectivity index (χ3n) is 1.66. The lowest BCUT2D eigenvalue weighted by Crippen LogP contribution is -1.89. The summed E-state index contributed by atoms with van der Waals surface area (Å²) in [4.78, 5) is 0. The van der Waals surface area contributed by atoms with Crippen molar-refractivity contribution in [1.82, 2.24) is 5.32 Å². The highest BCUT2D eigenvalue weighted by molar-refractivity contribution is 5.81. The predicted octanol–water partition coefficient (Wildman–Crippen LogP) is 6.78. The number of fused-ring (bicyclic) bond motifs is 1. The van der Waals surface area contributed by atoms with E-state index in [1.54, 1.807) is 0 Å². The standard InChI is InChI=1S/C10H8.C2H7N.4C2H6/c1-2-6-10-8-4-3-7-9(10)5-1;1-3-2;4*1-2/h1-8H;3H,1-2H3;4*1-2H3. The average Bonchev–Trinajstić information content (AvgIpc) is 2.63. The van der Waals surface area contributed by atoms with Crippen LogP contribution in [0.2, 0.25) is 0 Å². The van der Waals surface area contributed by atoms with Crippen LogP contribution < -0.4 is 5.32 Å². The molecule has 0 fully saturated rings. The highest BCUT2D eigenvalue weighted by Gasteiger charge is 1.85. The van der Waals surface area contributed by atoms with E-state index >= 15 is 0 Å². The van der Waals surface area contributed by atoms with E-state index in [9.17, 15) is 0 Å². The van der Waals surface area contributed by atoms with Gasteiger partial charge in [0.1, 0.15) is 0 Å². The van der Waals surface area contributed by atoms with Gasteiger partial charge in [-0.15, -0.1) is 0 Å². The van der Waals surface area contributed by atoms with Crippen LogP contribution in [-0.4, -0.2) is 14.1 Å². The van der Waals surface area contributed by atoms with Gasteiger partial charge in [0.25, 0.3) is 0 Å². The Balaban J connectivity index is -0.000000112. The summed E-state index contributed by atoms with van der Waals surface area (Å²) in [6.07, 6.45) is 0. The van der Waals surface area contributed by atoms with Crippen LogP contribution in [0.5, 0.6) is 0 Å². The van der Waals surface area contributed by atoms with Crippen molar-refractivity contribution in [2.75, 3.05) is 14.1 Å². The fourth-order valence-electron chi connectivity index (χ4n) is 1.13. The molecular formula is C20H39N. The molecule has 2 aromatic carbocycles. The molecule has 0 aliphatic rings.